The topological polar surface area (TPSA) is 83.4 Å². The van der Waals surface area contributed by atoms with E-state index in [9.17, 15) is 23.5 Å². The molecule has 4 rings (SSSR count). The van der Waals surface area contributed by atoms with E-state index in [1.165, 1.54) is 6.07 Å². The van der Waals surface area contributed by atoms with Crippen molar-refractivity contribution in [2.75, 3.05) is 6.54 Å². The number of hydrogen-bond acceptors (Lipinski definition) is 3. The maximum atomic E-state index is 13.7. The van der Waals surface area contributed by atoms with Gasteiger partial charge in [0.15, 0.2) is 11.6 Å². The molecule has 0 radical (unpaired) electrons. The maximum Gasteiger partial charge on any atom is 0.254 e. The summed E-state index contributed by atoms with van der Waals surface area (Å²) in [6, 6.07) is 18.5. The van der Waals surface area contributed by atoms with Gasteiger partial charge in [-0.3, -0.25) is 9.59 Å². The van der Waals surface area contributed by atoms with Crippen LogP contribution in [0.5, 0.6) is 0 Å². The number of aliphatic hydroxyl groups is 1. The number of carbonyl (C=O) groups is 2. The van der Waals surface area contributed by atoms with Crippen molar-refractivity contribution in [1.29, 1.82) is 0 Å². The van der Waals surface area contributed by atoms with Crippen molar-refractivity contribution in [2.24, 2.45) is 0 Å². The number of rotatable bonds is 9. The summed E-state index contributed by atoms with van der Waals surface area (Å²) < 4.78 is 29.1. The molecule has 0 saturated heterocycles. The smallest absolute Gasteiger partial charge is 0.254 e. The van der Waals surface area contributed by atoms with Gasteiger partial charge in [-0.05, 0) is 55.2 Å². The second-order valence-electron chi connectivity index (χ2n) is 10.6. The molecule has 0 saturated carbocycles. The number of carbonyl (C=O) groups excluding carboxylic acids is 2. The van der Waals surface area contributed by atoms with E-state index in [0.29, 0.717) is 28.6 Å². The van der Waals surface area contributed by atoms with E-state index in [4.69, 9.17) is 0 Å². The summed E-state index contributed by atoms with van der Waals surface area (Å²) in [5, 5.41) is 16.3. The summed E-state index contributed by atoms with van der Waals surface area (Å²) in [5.41, 5.74) is 2.80. The van der Waals surface area contributed by atoms with Gasteiger partial charge in [-0.25, -0.2) is 8.78 Å². The highest BCUT2D eigenvalue weighted by atomic mass is 19.2. The van der Waals surface area contributed by atoms with Crippen LogP contribution >= 0.6 is 0 Å². The number of aromatic nitrogens is 1. The second kappa shape index (κ2) is 11.4. The normalized spacial score (nSPS) is 11.7. The summed E-state index contributed by atoms with van der Waals surface area (Å²) in [6.45, 7) is 7.82. The standard InChI is InChI=1S/C31H33F2N3O3/c1-19(2)28-27(30(38)34-16-21-10-13-24(32)25(33)14-21)23-12-11-22(29(37)35-18-31(3,4)39)15-26(23)36(28)17-20-8-6-5-7-9-20/h5-15,19,39H,16-18H2,1-4H3,(H,34,38)(H,35,37). The molecule has 204 valence electrons. The van der Waals surface area contributed by atoms with Crippen molar-refractivity contribution >= 4 is 22.7 Å². The fraction of sp³-hybridized carbons (Fsp3) is 0.290. The van der Waals surface area contributed by atoms with Crippen LogP contribution in [0.1, 0.15) is 71.1 Å². The van der Waals surface area contributed by atoms with Crippen LogP contribution in [0, 0.1) is 11.6 Å². The molecule has 8 heteroatoms. The van der Waals surface area contributed by atoms with E-state index < -0.39 is 17.2 Å². The van der Waals surface area contributed by atoms with Crippen molar-refractivity contribution in [2.45, 2.75) is 52.3 Å². The fourth-order valence-electron chi connectivity index (χ4n) is 4.60. The van der Waals surface area contributed by atoms with Crippen molar-refractivity contribution in [3.8, 4) is 0 Å². The molecular weight excluding hydrogens is 500 g/mol. The molecule has 0 aliphatic heterocycles. The Morgan fingerprint density at radius 1 is 0.897 bits per heavy atom. The molecule has 0 aliphatic carbocycles. The predicted octanol–water partition coefficient (Wildman–Crippen LogP) is 5.52. The number of halogens is 2. The number of nitrogens with one attached hydrogen (secondary N) is 2. The summed E-state index contributed by atoms with van der Waals surface area (Å²) in [5.74, 6) is -2.64. The van der Waals surface area contributed by atoms with E-state index in [1.807, 2.05) is 44.2 Å². The van der Waals surface area contributed by atoms with Crippen LogP contribution in [0.15, 0.2) is 66.7 Å². The van der Waals surface area contributed by atoms with Gasteiger partial charge in [-0.2, -0.15) is 0 Å². The Morgan fingerprint density at radius 3 is 2.26 bits per heavy atom. The summed E-state index contributed by atoms with van der Waals surface area (Å²) >= 11 is 0. The SMILES string of the molecule is CC(C)c1c(C(=O)NCc2ccc(F)c(F)c2)c2ccc(C(=O)NCC(C)(C)O)cc2n1Cc1ccccc1. The van der Waals surface area contributed by atoms with Crippen LogP contribution in [0.2, 0.25) is 0 Å². The average molecular weight is 534 g/mol. The van der Waals surface area contributed by atoms with Crippen LogP contribution in [0.4, 0.5) is 8.78 Å². The van der Waals surface area contributed by atoms with Crippen LogP contribution < -0.4 is 10.6 Å². The lowest BCUT2D eigenvalue weighted by Crippen LogP contribution is -2.38. The minimum Gasteiger partial charge on any atom is -0.389 e. The molecule has 3 aromatic carbocycles. The molecule has 0 atom stereocenters. The first-order valence-corrected chi connectivity index (χ1v) is 12.9. The van der Waals surface area contributed by atoms with Gasteiger partial charge >= 0.3 is 0 Å². The first-order chi connectivity index (χ1) is 18.4. The third-order valence-corrected chi connectivity index (χ3v) is 6.44. The molecule has 1 aromatic heterocycles. The summed E-state index contributed by atoms with van der Waals surface area (Å²) in [6.07, 6.45) is 0. The van der Waals surface area contributed by atoms with Gasteiger partial charge in [0.1, 0.15) is 0 Å². The molecular formula is C31H33F2N3O3. The molecule has 6 nitrogen and oxygen atoms in total. The van der Waals surface area contributed by atoms with Crippen LogP contribution in [-0.2, 0) is 13.1 Å². The van der Waals surface area contributed by atoms with Crippen molar-refractivity contribution in [3.05, 3.63) is 106 Å². The van der Waals surface area contributed by atoms with Gasteiger partial charge in [0.05, 0.1) is 16.7 Å². The molecule has 1 heterocycles. The highest BCUT2D eigenvalue weighted by Crippen LogP contribution is 2.33. The zero-order valence-corrected chi connectivity index (χ0v) is 22.5. The third-order valence-electron chi connectivity index (χ3n) is 6.44. The van der Waals surface area contributed by atoms with E-state index in [2.05, 4.69) is 15.2 Å². The highest BCUT2D eigenvalue weighted by Gasteiger charge is 2.26. The number of amides is 2. The number of nitrogens with zero attached hydrogens (tertiary/aromatic N) is 1. The Balaban J connectivity index is 1.78. The van der Waals surface area contributed by atoms with Gasteiger partial charge in [0.25, 0.3) is 11.8 Å². The van der Waals surface area contributed by atoms with E-state index in [-0.39, 0.29) is 30.8 Å². The van der Waals surface area contributed by atoms with Crippen LogP contribution in [0.3, 0.4) is 0 Å². The van der Waals surface area contributed by atoms with Gasteiger partial charge in [0, 0.05) is 36.3 Å². The summed E-state index contributed by atoms with van der Waals surface area (Å²) in [4.78, 5) is 26.5. The lowest BCUT2D eigenvalue weighted by Gasteiger charge is -2.18. The predicted molar refractivity (Wildman–Crippen MR) is 148 cm³/mol. The molecule has 2 amide bonds. The minimum absolute atomic E-state index is 0.0242. The molecule has 3 N–H and O–H groups in total. The van der Waals surface area contributed by atoms with Gasteiger partial charge in [-0.1, -0.05) is 56.3 Å². The lowest BCUT2D eigenvalue weighted by atomic mass is 10.0. The Bertz CT molecular complexity index is 1510. The van der Waals surface area contributed by atoms with E-state index in [0.717, 1.165) is 28.9 Å². The molecule has 0 spiro atoms. The van der Waals surface area contributed by atoms with Crippen LogP contribution in [-0.4, -0.2) is 33.6 Å². The van der Waals surface area contributed by atoms with Crippen molar-refractivity contribution in [1.82, 2.24) is 15.2 Å². The maximum absolute atomic E-state index is 13.7. The van der Waals surface area contributed by atoms with Gasteiger partial charge in [-0.15, -0.1) is 0 Å². The highest BCUT2D eigenvalue weighted by molar-refractivity contribution is 6.10. The average Bonchev–Trinajstić information content (AvgIpc) is 3.21. The number of hydrogen-bond donors (Lipinski definition) is 3. The minimum atomic E-state index is -1.06. The molecule has 4 aromatic rings. The van der Waals surface area contributed by atoms with E-state index >= 15 is 0 Å². The largest absolute Gasteiger partial charge is 0.389 e. The Hall–Kier alpha value is -4.04. The molecule has 0 unspecified atom stereocenters. The van der Waals surface area contributed by atoms with Crippen molar-refractivity contribution in [3.63, 3.8) is 0 Å². The Morgan fingerprint density at radius 2 is 1.62 bits per heavy atom. The second-order valence-corrected chi connectivity index (χ2v) is 10.6. The zero-order valence-electron chi connectivity index (χ0n) is 22.5. The Labute approximate surface area is 226 Å². The van der Waals surface area contributed by atoms with Gasteiger partial charge in [0.2, 0.25) is 0 Å². The lowest BCUT2D eigenvalue weighted by molar-refractivity contribution is 0.0694. The van der Waals surface area contributed by atoms with E-state index in [1.54, 1.807) is 32.0 Å². The fourth-order valence-corrected chi connectivity index (χ4v) is 4.60. The molecule has 0 bridgehead atoms. The first-order valence-electron chi connectivity index (χ1n) is 12.9. The third kappa shape index (κ3) is 6.52. The quantitative estimate of drug-likeness (QED) is 0.265. The molecule has 0 aliphatic rings. The zero-order chi connectivity index (χ0) is 28.3. The van der Waals surface area contributed by atoms with Gasteiger partial charge < -0.3 is 20.3 Å². The Kier molecular flexibility index (Phi) is 8.16. The summed E-state index contributed by atoms with van der Waals surface area (Å²) in [7, 11) is 0. The number of benzene rings is 3. The molecule has 0 fully saturated rings. The number of fused-ring (bicyclic) bond motifs is 1. The molecule has 39 heavy (non-hydrogen) atoms. The monoisotopic (exact) mass is 533 g/mol. The van der Waals surface area contributed by atoms with Crippen LogP contribution in [0.25, 0.3) is 10.9 Å². The van der Waals surface area contributed by atoms with Crippen molar-refractivity contribution < 1.29 is 23.5 Å². The first kappa shape index (κ1) is 28.0.